The van der Waals surface area contributed by atoms with Gasteiger partial charge in [0.1, 0.15) is 0 Å². The SMILES string of the molecule is c1ccc(-c2cccc(-c3ccccc3N(c3ccc(-c4ccc(-c5cccc(-c6ccc7ccccc7c6)c5)cc4)cc3)c3ccc4c(c3)sc3ccccc34)c2)cc1. The van der Waals surface area contributed by atoms with Gasteiger partial charge in [-0.25, -0.2) is 0 Å². The fourth-order valence-electron chi connectivity index (χ4n) is 8.60. The van der Waals surface area contributed by atoms with Gasteiger partial charge in [0.2, 0.25) is 0 Å². The van der Waals surface area contributed by atoms with Crippen LogP contribution in [0.15, 0.2) is 237 Å². The molecular weight excluding hydrogens is 743 g/mol. The maximum Gasteiger partial charge on any atom is 0.0540 e. The van der Waals surface area contributed by atoms with Crippen LogP contribution in [-0.2, 0) is 0 Å². The highest BCUT2D eigenvalue weighted by Crippen LogP contribution is 2.44. The van der Waals surface area contributed by atoms with Gasteiger partial charge in [-0.3, -0.25) is 0 Å². The fourth-order valence-corrected chi connectivity index (χ4v) is 9.73. The molecule has 0 aliphatic heterocycles. The number of rotatable bonds is 8. The molecule has 60 heavy (non-hydrogen) atoms. The van der Waals surface area contributed by atoms with Crippen molar-refractivity contribution in [3.05, 3.63) is 237 Å². The summed E-state index contributed by atoms with van der Waals surface area (Å²) in [5.41, 5.74) is 15.4. The summed E-state index contributed by atoms with van der Waals surface area (Å²) in [6.07, 6.45) is 0. The second-order valence-corrected chi connectivity index (χ2v) is 16.4. The van der Waals surface area contributed by atoms with E-state index in [0.717, 1.165) is 17.1 Å². The second kappa shape index (κ2) is 15.3. The minimum atomic E-state index is 1.10. The molecule has 10 aromatic carbocycles. The minimum Gasteiger partial charge on any atom is -0.310 e. The van der Waals surface area contributed by atoms with Crippen LogP contribution in [0.25, 0.3) is 86.6 Å². The van der Waals surface area contributed by atoms with E-state index in [2.05, 4.69) is 241 Å². The summed E-state index contributed by atoms with van der Waals surface area (Å²) in [5.74, 6) is 0. The molecule has 0 saturated heterocycles. The number of anilines is 3. The molecular formula is C58H39NS. The fraction of sp³-hybridized carbons (Fsp3) is 0. The van der Waals surface area contributed by atoms with Gasteiger partial charge >= 0.3 is 0 Å². The van der Waals surface area contributed by atoms with Crippen molar-refractivity contribution in [2.45, 2.75) is 0 Å². The van der Waals surface area contributed by atoms with E-state index in [4.69, 9.17) is 0 Å². The molecule has 0 saturated carbocycles. The third-order valence-electron chi connectivity index (χ3n) is 11.7. The predicted molar refractivity (Wildman–Crippen MR) is 259 cm³/mol. The molecule has 11 aromatic rings. The van der Waals surface area contributed by atoms with Crippen molar-refractivity contribution in [3.8, 4) is 55.6 Å². The first-order valence-corrected chi connectivity index (χ1v) is 21.3. The number of nitrogens with zero attached hydrogens (tertiary/aromatic N) is 1. The van der Waals surface area contributed by atoms with Crippen molar-refractivity contribution in [1.82, 2.24) is 0 Å². The molecule has 1 heterocycles. The van der Waals surface area contributed by atoms with Crippen LogP contribution in [0.5, 0.6) is 0 Å². The van der Waals surface area contributed by atoms with Crippen molar-refractivity contribution in [2.24, 2.45) is 0 Å². The largest absolute Gasteiger partial charge is 0.310 e. The number of benzene rings is 10. The standard InChI is InChI=1S/C58H39NS/c1-2-12-40(13-3-1)47-17-11-19-50(38-47)53-20-6-8-22-56(53)59(52-34-35-55-54-21-7-9-23-57(54)60-58(55)39-52)51-32-30-43(31-33-51)42-24-26-44(27-25-42)46-16-10-18-48(36-46)49-29-28-41-14-4-5-15-45(41)37-49/h1-39H. The monoisotopic (exact) mass is 781 g/mol. The first kappa shape index (κ1) is 35.6. The van der Waals surface area contributed by atoms with Gasteiger partial charge in [-0.1, -0.05) is 182 Å². The predicted octanol–water partition coefficient (Wildman–Crippen LogP) is 17.0. The van der Waals surface area contributed by atoms with Gasteiger partial charge < -0.3 is 4.90 Å². The number of fused-ring (bicyclic) bond motifs is 4. The van der Waals surface area contributed by atoms with E-state index >= 15 is 0 Å². The number of thiophene rings is 1. The lowest BCUT2D eigenvalue weighted by atomic mass is 9.96. The highest BCUT2D eigenvalue weighted by Gasteiger charge is 2.19. The normalized spacial score (nSPS) is 11.3. The van der Waals surface area contributed by atoms with E-state index in [-0.39, 0.29) is 0 Å². The molecule has 0 aliphatic rings. The van der Waals surface area contributed by atoms with Crippen LogP contribution in [-0.4, -0.2) is 0 Å². The maximum atomic E-state index is 2.42. The molecule has 0 unspecified atom stereocenters. The van der Waals surface area contributed by atoms with E-state index in [0.29, 0.717) is 0 Å². The van der Waals surface area contributed by atoms with Crippen molar-refractivity contribution >= 4 is 59.3 Å². The van der Waals surface area contributed by atoms with E-state index in [1.165, 1.54) is 86.6 Å². The molecule has 0 spiro atoms. The van der Waals surface area contributed by atoms with Crippen LogP contribution in [0.1, 0.15) is 0 Å². The van der Waals surface area contributed by atoms with Crippen molar-refractivity contribution < 1.29 is 0 Å². The molecule has 0 radical (unpaired) electrons. The lowest BCUT2D eigenvalue weighted by Gasteiger charge is -2.28. The molecule has 1 nitrogen and oxygen atoms in total. The smallest absolute Gasteiger partial charge is 0.0540 e. The molecule has 0 N–H and O–H groups in total. The third-order valence-corrected chi connectivity index (χ3v) is 12.8. The molecule has 0 atom stereocenters. The summed E-state index contributed by atoms with van der Waals surface area (Å²) in [4.78, 5) is 2.42. The summed E-state index contributed by atoms with van der Waals surface area (Å²) in [6.45, 7) is 0. The first-order chi connectivity index (χ1) is 29.7. The van der Waals surface area contributed by atoms with Gasteiger partial charge in [-0.05, 0) is 115 Å². The van der Waals surface area contributed by atoms with Crippen molar-refractivity contribution in [3.63, 3.8) is 0 Å². The summed E-state index contributed by atoms with van der Waals surface area (Å²) < 4.78 is 2.59. The second-order valence-electron chi connectivity index (χ2n) is 15.3. The maximum absolute atomic E-state index is 2.42. The molecule has 282 valence electrons. The van der Waals surface area contributed by atoms with Gasteiger partial charge in [0.25, 0.3) is 0 Å². The molecule has 11 rings (SSSR count). The van der Waals surface area contributed by atoms with Gasteiger partial charge in [0.05, 0.1) is 5.69 Å². The number of hydrogen-bond donors (Lipinski definition) is 0. The summed E-state index contributed by atoms with van der Waals surface area (Å²) in [6, 6.07) is 86.2. The Morgan fingerprint density at radius 1 is 0.267 bits per heavy atom. The molecule has 2 heteroatoms. The van der Waals surface area contributed by atoms with Crippen molar-refractivity contribution in [1.29, 1.82) is 0 Å². The van der Waals surface area contributed by atoms with Crippen molar-refractivity contribution in [2.75, 3.05) is 4.90 Å². The van der Waals surface area contributed by atoms with Crippen LogP contribution < -0.4 is 4.90 Å². The Morgan fingerprint density at radius 3 is 1.55 bits per heavy atom. The van der Waals surface area contributed by atoms with Crippen LogP contribution in [0, 0.1) is 0 Å². The van der Waals surface area contributed by atoms with E-state index in [9.17, 15) is 0 Å². The zero-order valence-electron chi connectivity index (χ0n) is 32.9. The Morgan fingerprint density at radius 2 is 0.767 bits per heavy atom. The Balaban J connectivity index is 0.951. The Labute approximate surface area is 354 Å². The third kappa shape index (κ3) is 6.73. The zero-order chi connectivity index (χ0) is 39.8. The molecule has 0 fully saturated rings. The van der Waals surface area contributed by atoms with Crippen LogP contribution in [0.2, 0.25) is 0 Å². The quantitative estimate of drug-likeness (QED) is 0.148. The highest BCUT2D eigenvalue weighted by atomic mass is 32.1. The molecule has 1 aromatic heterocycles. The minimum absolute atomic E-state index is 1.10. The highest BCUT2D eigenvalue weighted by molar-refractivity contribution is 7.25. The van der Waals surface area contributed by atoms with Gasteiger partial charge in [0.15, 0.2) is 0 Å². The summed E-state index contributed by atoms with van der Waals surface area (Å²) in [7, 11) is 0. The Hall–Kier alpha value is -7.52. The van der Waals surface area contributed by atoms with Gasteiger partial charge in [-0.2, -0.15) is 0 Å². The number of para-hydroxylation sites is 1. The summed E-state index contributed by atoms with van der Waals surface area (Å²) in [5, 5.41) is 5.12. The van der Waals surface area contributed by atoms with Gasteiger partial charge in [0, 0.05) is 37.1 Å². The molecule has 0 bridgehead atoms. The number of hydrogen-bond acceptors (Lipinski definition) is 2. The van der Waals surface area contributed by atoms with Crippen LogP contribution >= 0.6 is 11.3 Å². The lowest BCUT2D eigenvalue weighted by molar-refractivity contribution is 1.29. The summed E-state index contributed by atoms with van der Waals surface area (Å²) >= 11 is 1.86. The first-order valence-electron chi connectivity index (χ1n) is 20.5. The topological polar surface area (TPSA) is 3.24 Å². The van der Waals surface area contributed by atoms with Gasteiger partial charge in [-0.15, -0.1) is 11.3 Å². The Bertz CT molecular complexity index is 3310. The van der Waals surface area contributed by atoms with E-state index in [1.54, 1.807) is 0 Å². The average Bonchev–Trinajstić information content (AvgIpc) is 3.70. The average molecular weight is 782 g/mol. The van der Waals surface area contributed by atoms with Crippen LogP contribution in [0.4, 0.5) is 17.1 Å². The zero-order valence-corrected chi connectivity index (χ0v) is 33.7. The molecule has 0 aliphatic carbocycles. The van der Waals surface area contributed by atoms with Crippen LogP contribution in [0.3, 0.4) is 0 Å². The van der Waals surface area contributed by atoms with E-state index in [1.807, 2.05) is 11.3 Å². The van der Waals surface area contributed by atoms with E-state index < -0.39 is 0 Å². The lowest BCUT2D eigenvalue weighted by Crippen LogP contribution is -2.11. The Kier molecular flexibility index (Phi) is 9.11. The molecule has 0 amide bonds.